The molecule has 0 bridgehead atoms. The number of allylic oxidation sites excluding steroid dienone is 2. The minimum absolute atomic E-state index is 0.212. The van der Waals surface area contributed by atoms with Gasteiger partial charge in [-0.15, -0.1) is 0 Å². The number of ketones is 2. The van der Waals surface area contributed by atoms with Crippen LogP contribution in [0.15, 0.2) is 11.1 Å². The highest BCUT2D eigenvalue weighted by Crippen LogP contribution is 2.45. The van der Waals surface area contributed by atoms with Crippen LogP contribution in [-0.2, 0) is 9.59 Å². The van der Waals surface area contributed by atoms with E-state index in [0.29, 0.717) is 12.8 Å². The van der Waals surface area contributed by atoms with Crippen molar-refractivity contribution in [2.45, 2.75) is 46.0 Å². The third-order valence-electron chi connectivity index (χ3n) is 3.68. The van der Waals surface area contributed by atoms with Gasteiger partial charge in [-0.3, -0.25) is 9.59 Å². The van der Waals surface area contributed by atoms with E-state index < -0.39 is 5.41 Å². The van der Waals surface area contributed by atoms with E-state index in [1.807, 2.05) is 13.8 Å². The maximum absolute atomic E-state index is 11.9. The standard InChI is InChI=1S/C12H16O2/c1-8-5-6-10(14)12(2)7-3-4-9(13)11(8)12/h3-7H2,1-2H3/t12-/m1/s1. The first-order valence-electron chi connectivity index (χ1n) is 5.32. The van der Waals surface area contributed by atoms with Crippen LogP contribution in [0.4, 0.5) is 0 Å². The number of Topliss-reactive ketones (excluding diaryl/α,β-unsaturated/α-hetero) is 2. The van der Waals surface area contributed by atoms with Crippen LogP contribution in [0.3, 0.4) is 0 Å². The average Bonchev–Trinajstić information content (AvgIpc) is 2.12. The van der Waals surface area contributed by atoms with Crippen molar-refractivity contribution in [2.24, 2.45) is 5.41 Å². The molecule has 2 aliphatic carbocycles. The molecule has 0 radical (unpaired) electrons. The molecule has 2 heteroatoms. The molecule has 1 fully saturated rings. The molecule has 76 valence electrons. The molecule has 2 aliphatic rings. The summed E-state index contributed by atoms with van der Waals surface area (Å²) in [6, 6.07) is 0. The maximum Gasteiger partial charge on any atom is 0.159 e. The van der Waals surface area contributed by atoms with Crippen LogP contribution in [0.2, 0.25) is 0 Å². The first-order chi connectivity index (χ1) is 6.55. The fourth-order valence-corrected chi connectivity index (χ4v) is 2.85. The Morgan fingerprint density at radius 3 is 2.50 bits per heavy atom. The summed E-state index contributed by atoms with van der Waals surface area (Å²) in [4.78, 5) is 23.6. The Kier molecular flexibility index (Phi) is 2.09. The van der Waals surface area contributed by atoms with E-state index in [9.17, 15) is 9.59 Å². The molecular weight excluding hydrogens is 176 g/mol. The van der Waals surface area contributed by atoms with Gasteiger partial charge in [0.2, 0.25) is 0 Å². The van der Waals surface area contributed by atoms with Crippen molar-refractivity contribution < 1.29 is 9.59 Å². The summed E-state index contributed by atoms with van der Waals surface area (Å²) in [6.45, 7) is 3.95. The Balaban J connectivity index is 2.53. The van der Waals surface area contributed by atoms with E-state index in [-0.39, 0.29) is 11.6 Å². The van der Waals surface area contributed by atoms with Crippen LogP contribution >= 0.6 is 0 Å². The Labute approximate surface area is 84.4 Å². The second-order valence-corrected chi connectivity index (χ2v) is 4.69. The fraction of sp³-hybridized carbons (Fsp3) is 0.667. The molecule has 0 aromatic heterocycles. The Bertz CT molecular complexity index is 338. The molecule has 0 aliphatic heterocycles. The zero-order chi connectivity index (χ0) is 10.3. The molecule has 2 rings (SSSR count). The molecular formula is C12H16O2. The number of hydrogen-bond acceptors (Lipinski definition) is 2. The topological polar surface area (TPSA) is 34.1 Å². The number of carbonyl (C=O) groups excluding carboxylic acids is 2. The number of carbonyl (C=O) groups is 2. The lowest BCUT2D eigenvalue weighted by atomic mass is 9.63. The summed E-state index contributed by atoms with van der Waals surface area (Å²) in [5.41, 5.74) is 1.56. The monoisotopic (exact) mass is 192 g/mol. The van der Waals surface area contributed by atoms with E-state index in [1.165, 1.54) is 0 Å². The summed E-state index contributed by atoms with van der Waals surface area (Å²) in [6.07, 6.45) is 3.78. The summed E-state index contributed by atoms with van der Waals surface area (Å²) in [5.74, 6) is 0.482. The lowest BCUT2D eigenvalue weighted by Crippen LogP contribution is -2.40. The van der Waals surface area contributed by atoms with E-state index in [4.69, 9.17) is 0 Å². The summed E-state index contributed by atoms with van der Waals surface area (Å²) < 4.78 is 0. The second-order valence-electron chi connectivity index (χ2n) is 4.69. The van der Waals surface area contributed by atoms with Gasteiger partial charge in [0.05, 0.1) is 5.41 Å². The van der Waals surface area contributed by atoms with Crippen LogP contribution in [0, 0.1) is 5.41 Å². The molecule has 0 saturated heterocycles. The lowest BCUT2D eigenvalue weighted by Gasteiger charge is -2.38. The van der Waals surface area contributed by atoms with Gasteiger partial charge in [-0.2, -0.15) is 0 Å². The number of hydrogen-bond donors (Lipinski definition) is 0. The lowest BCUT2D eigenvalue weighted by molar-refractivity contribution is -0.131. The smallest absolute Gasteiger partial charge is 0.159 e. The summed E-state index contributed by atoms with van der Waals surface area (Å²) >= 11 is 0. The maximum atomic E-state index is 11.9. The van der Waals surface area contributed by atoms with Crippen molar-refractivity contribution in [3.63, 3.8) is 0 Å². The predicted molar refractivity (Wildman–Crippen MR) is 53.9 cm³/mol. The molecule has 0 N–H and O–H groups in total. The second kappa shape index (κ2) is 3.04. The molecule has 1 saturated carbocycles. The van der Waals surface area contributed by atoms with Crippen LogP contribution in [-0.4, -0.2) is 11.6 Å². The van der Waals surface area contributed by atoms with E-state index in [2.05, 4.69) is 0 Å². The molecule has 0 aromatic carbocycles. The van der Waals surface area contributed by atoms with E-state index >= 15 is 0 Å². The molecule has 0 heterocycles. The van der Waals surface area contributed by atoms with E-state index in [1.54, 1.807) is 0 Å². The fourth-order valence-electron chi connectivity index (χ4n) is 2.85. The third-order valence-corrected chi connectivity index (χ3v) is 3.68. The van der Waals surface area contributed by atoms with Crippen molar-refractivity contribution in [2.75, 3.05) is 0 Å². The van der Waals surface area contributed by atoms with Crippen molar-refractivity contribution >= 4 is 11.6 Å². The van der Waals surface area contributed by atoms with Gasteiger partial charge in [0.15, 0.2) is 5.78 Å². The number of fused-ring (bicyclic) bond motifs is 1. The van der Waals surface area contributed by atoms with Crippen LogP contribution in [0.5, 0.6) is 0 Å². The van der Waals surface area contributed by atoms with Gasteiger partial charge >= 0.3 is 0 Å². The number of rotatable bonds is 0. The minimum atomic E-state index is -0.433. The predicted octanol–water partition coefficient (Wildman–Crippen LogP) is 2.43. The Morgan fingerprint density at radius 1 is 1.14 bits per heavy atom. The zero-order valence-electron chi connectivity index (χ0n) is 8.85. The van der Waals surface area contributed by atoms with Crippen molar-refractivity contribution in [3.8, 4) is 0 Å². The quantitative estimate of drug-likeness (QED) is 0.590. The average molecular weight is 192 g/mol. The van der Waals surface area contributed by atoms with Crippen molar-refractivity contribution in [1.82, 2.24) is 0 Å². The largest absolute Gasteiger partial charge is 0.299 e. The van der Waals surface area contributed by atoms with Gasteiger partial charge in [-0.05, 0) is 33.1 Å². The third kappa shape index (κ3) is 1.17. The highest BCUT2D eigenvalue weighted by molar-refractivity contribution is 6.06. The van der Waals surface area contributed by atoms with Gasteiger partial charge in [0.25, 0.3) is 0 Å². The van der Waals surface area contributed by atoms with Crippen LogP contribution in [0.25, 0.3) is 0 Å². The molecule has 0 unspecified atom stereocenters. The summed E-state index contributed by atoms with van der Waals surface area (Å²) in [7, 11) is 0. The highest BCUT2D eigenvalue weighted by Gasteiger charge is 2.45. The van der Waals surface area contributed by atoms with Gasteiger partial charge in [0, 0.05) is 18.4 Å². The SMILES string of the molecule is CC1=C2C(=O)CCC[C@]2(C)C(=O)CC1. The Morgan fingerprint density at radius 2 is 1.86 bits per heavy atom. The molecule has 2 nitrogen and oxygen atoms in total. The first-order valence-corrected chi connectivity index (χ1v) is 5.32. The summed E-state index contributed by atoms with van der Waals surface area (Å²) in [5, 5.41) is 0. The Hall–Kier alpha value is -0.920. The normalized spacial score (nSPS) is 33.3. The van der Waals surface area contributed by atoms with E-state index in [0.717, 1.165) is 30.4 Å². The zero-order valence-corrected chi connectivity index (χ0v) is 8.85. The molecule has 0 aromatic rings. The van der Waals surface area contributed by atoms with Gasteiger partial charge < -0.3 is 0 Å². The molecule has 14 heavy (non-hydrogen) atoms. The van der Waals surface area contributed by atoms with Gasteiger partial charge in [0.1, 0.15) is 5.78 Å². The van der Waals surface area contributed by atoms with Gasteiger partial charge in [-0.25, -0.2) is 0 Å². The molecule has 0 amide bonds. The highest BCUT2D eigenvalue weighted by atomic mass is 16.1. The van der Waals surface area contributed by atoms with Crippen molar-refractivity contribution in [1.29, 1.82) is 0 Å². The van der Waals surface area contributed by atoms with Crippen LogP contribution < -0.4 is 0 Å². The molecule has 0 spiro atoms. The van der Waals surface area contributed by atoms with Crippen LogP contribution in [0.1, 0.15) is 46.0 Å². The van der Waals surface area contributed by atoms with Gasteiger partial charge in [-0.1, -0.05) is 5.57 Å². The minimum Gasteiger partial charge on any atom is -0.299 e. The first kappa shape index (κ1) is 9.63. The molecule has 1 atom stereocenters. The van der Waals surface area contributed by atoms with Crippen molar-refractivity contribution in [3.05, 3.63) is 11.1 Å².